The number of ether oxygens (including phenoxy) is 2. The standard InChI is InChI=1S/C25H28ClN5O5S2/c1-6-30(14-17-9-10-29(3)27-17)25(32)15-31(21-12-19-16(2)28-37-24(19)13-20(21)26)38(33,34)18-7-8-22(35-4)23(11-18)36-5/h7-13H,6,14-15H2,1-5H3. The second-order valence-electron chi connectivity index (χ2n) is 8.48. The first-order valence-corrected chi connectivity index (χ1v) is 14.2. The lowest BCUT2D eigenvalue weighted by molar-refractivity contribution is -0.130. The Kier molecular flexibility index (Phi) is 8.14. The molecule has 1 amide bonds. The van der Waals surface area contributed by atoms with Crippen molar-refractivity contribution in [3.63, 3.8) is 0 Å². The van der Waals surface area contributed by atoms with Crippen molar-refractivity contribution < 1.29 is 22.7 Å². The van der Waals surface area contributed by atoms with Crippen LogP contribution in [0.4, 0.5) is 5.69 Å². The molecule has 4 aromatic rings. The molecule has 0 spiro atoms. The number of hydrogen-bond acceptors (Lipinski definition) is 8. The van der Waals surface area contributed by atoms with E-state index in [9.17, 15) is 13.2 Å². The van der Waals surface area contributed by atoms with E-state index in [0.717, 1.165) is 20.1 Å². The Morgan fingerprint density at radius 3 is 2.50 bits per heavy atom. The molecule has 0 saturated heterocycles. The van der Waals surface area contributed by atoms with Crippen LogP contribution < -0.4 is 13.8 Å². The highest BCUT2D eigenvalue weighted by Gasteiger charge is 2.32. The van der Waals surface area contributed by atoms with Gasteiger partial charge >= 0.3 is 0 Å². The zero-order valence-electron chi connectivity index (χ0n) is 21.6. The first-order chi connectivity index (χ1) is 18.1. The van der Waals surface area contributed by atoms with Crippen molar-refractivity contribution in [2.24, 2.45) is 7.05 Å². The van der Waals surface area contributed by atoms with E-state index in [1.54, 1.807) is 35.0 Å². The Labute approximate surface area is 230 Å². The third kappa shape index (κ3) is 5.42. The summed E-state index contributed by atoms with van der Waals surface area (Å²) in [4.78, 5) is 15.0. The molecule has 0 aliphatic carbocycles. The Hall–Kier alpha value is -3.35. The molecule has 0 bridgehead atoms. The molecule has 2 heterocycles. The molecule has 0 unspecified atom stereocenters. The zero-order chi connectivity index (χ0) is 27.6. The van der Waals surface area contributed by atoms with E-state index in [4.69, 9.17) is 21.1 Å². The first kappa shape index (κ1) is 27.7. The number of aryl methyl sites for hydroxylation is 2. The monoisotopic (exact) mass is 577 g/mol. The van der Waals surface area contributed by atoms with Crippen LogP contribution in [0.5, 0.6) is 11.5 Å². The molecule has 2 aromatic heterocycles. The highest BCUT2D eigenvalue weighted by atomic mass is 35.5. The minimum absolute atomic E-state index is 0.0768. The van der Waals surface area contributed by atoms with Crippen molar-refractivity contribution in [2.45, 2.75) is 25.3 Å². The lowest BCUT2D eigenvalue weighted by atomic mass is 10.2. The second-order valence-corrected chi connectivity index (χ2v) is 11.6. The predicted molar refractivity (Wildman–Crippen MR) is 148 cm³/mol. The zero-order valence-corrected chi connectivity index (χ0v) is 24.0. The number of anilines is 1. The Morgan fingerprint density at radius 2 is 1.87 bits per heavy atom. The lowest BCUT2D eigenvalue weighted by Gasteiger charge is -2.28. The maximum absolute atomic E-state index is 14.1. The number of amides is 1. The molecule has 0 fully saturated rings. The van der Waals surface area contributed by atoms with E-state index < -0.39 is 22.5 Å². The van der Waals surface area contributed by atoms with Crippen molar-refractivity contribution in [3.05, 3.63) is 59.0 Å². The molecular weight excluding hydrogens is 550 g/mol. The number of carbonyl (C=O) groups is 1. The van der Waals surface area contributed by atoms with Crippen LogP contribution in [0.3, 0.4) is 0 Å². The fourth-order valence-electron chi connectivity index (χ4n) is 4.01. The molecule has 10 nitrogen and oxygen atoms in total. The number of hydrogen-bond donors (Lipinski definition) is 0. The third-order valence-electron chi connectivity index (χ3n) is 6.07. The number of benzene rings is 2. The molecule has 0 atom stereocenters. The summed E-state index contributed by atoms with van der Waals surface area (Å²) in [5.41, 5.74) is 1.61. The third-order valence-corrected chi connectivity index (χ3v) is 9.02. The van der Waals surface area contributed by atoms with Gasteiger partial charge < -0.3 is 14.4 Å². The molecule has 0 aliphatic rings. The van der Waals surface area contributed by atoms with Gasteiger partial charge in [0.1, 0.15) is 6.54 Å². The molecule has 13 heteroatoms. The Balaban J connectivity index is 1.80. The minimum atomic E-state index is -4.28. The molecule has 0 N–H and O–H groups in total. The summed E-state index contributed by atoms with van der Waals surface area (Å²) in [7, 11) is 0.397. The number of carbonyl (C=O) groups excluding carboxylic acids is 1. The summed E-state index contributed by atoms with van der Waals surface area (Å²) < 4.78 is 46.6. The predicted octanol–water partition coefficient (Wildman–Crippen LogP) is 4.25. The van der Waals surface area contributed by atoms with Crippen LogP contribution in [-0.4, -0.2) is 60.7 Å². The van der Waals surface area contributed by atoms with Crippen LogP contribution in [0, 0.1) is 6.92 Å². The van der Waals surface area contributed by atoms with E-state index in [1.807, 2.05) is 19.9 Å². The first-order valence-electron chi connectivity index (χ1n) is 11.7. The van der Waals surface area contributed by atoms with Crippen molar-refractivity contribution in [3.8, 4) is 11.5 Å². The number of likely N-dealkylation sites (N-methyl/N-ethyl adjacent to an activating group) is 1. The van der Waals surface area contributed by atoms with Gasteiger partial charge in [-0.1, -0.05) is 11.6 Å². The molecular formula is C25H28ClN5O5S2. The van der Waals surface area contributed by atoms with Crippen molar-refractivity contribution in [1.82, 2.24) is 19.1 Å². The summed E-state index contributed by atoms with van der Waals surface area (Å²) in [6.07, 6.45) is 1.79. The van der Waals surface area contributed by atoms with Gasteiger partial charge in [0.05, 0.1) is 52.5 Å². The number of fused-ring (bicyclic) bond motifs is 1. The quantitative estimate of drug-likeness (QED) is 0.277. The molecule has 4 rings (SSSR count). The van der Waals surface area contributed by atoms with Gasteiger partial charge in [-0.2, -0.15) is 9.47 Å². The average Bonchev–Trinajstić information content (AvgIpc) is 3.48. The lowest BCUT2D eigenvalue weighted by Crippen LogP contribution is -2.43. The van der Waals surface area contributed by atoms with Crippen LogP contribution >= 0.6 is 23.1 Å². The largest absolute Gasteiger partial charge is 0.493 e. The van der Waals surface area contributed by atoms with E-state index in [0.29, 0.717) is 18.0 Å². The number of aromatic nitrogens is 3. The average molecular weight is 578 g/mol. The smallest absolute Gasteiger partial charge is 0.264 e. The van der Waals surface area contributed by atoms with Gasteiger partial charge in [0.25, 0.3) is 10.0 Å². The Bertz CT molecular complexity index is 1580. The van der Waals surface area contributed by atoms with E-state index >= 15 is 0 Å². The van der Waals surface area contributed by atoms with Gasteiger partial charge in [-0.25, -0.2) is 8.42 Å². The van der Waals surface area contributed by atoms with E-state index in [1.165, 1.54) is 44.0 Å². The van der Waals surface area contributed by atoms with Crippen LogP contribution in [-0.2, 0) is 28.4 Å². The summed E-state index contributed by atoms with van der Waals surface area (Å²) in [6.45, 7) is 3.79. The number of sulfonamides is 1. The fraction of sp³-hybridized carbons (Fsp3) is 0.320. The molecule has 0 saturated carbocycles. The SMILES string of the molecule is CCN(Cc1ccn(C)n1)C(=O)CN(c1cc2c(C)nsc2cc1Cl)S(=O)(=O)c1ccc(OC)c(OC)c1. The van der Waals surface area contributed by atoms with Crippen LogP contribution in [0.15, 0.2) is 47.5 Å². The van der Waals surface area contributed by atoms with Gasteiger partial charge in [0.15, 0.2) is 11.5 Å². The summed E-state index contributed by atoms with van der Waals surface area (Å²) in [6, 6.07) is 9.42. The topological polar surface area (TPSA) is 107 Å². The normalized spacial score (nSPS) is 11.5. The van der Waals surface area contributed by atoms with Crippen molar-refractivity contribution in [2.75, 3.05) is 31.6 Å². The van der Waals surface area contributed by atoms with Gasteiger partial charge in [-0.05, 0) is 55.7 Å². The molecule has 2 aromatic carbocycles. The van der Waals surface area contributed by atoms with Gasteiger partial charge in [0.2, 0.25) is 5.91 Å². The molecule has 0 radical (unpaired) electrons. The Morgan fingerprint density at radius 1 is 1.13 bits per heavy atom. The van der Waals surface area contributed by atoms with Gasteiger partial charge in [0, 0.05) is 31.2 Å². The van der Waals surface area contributed by atoms with E-state index in [2.05, 4.69) is 9.47 Å². The number of methoxy groups -OCH3 is 2. The minimum Gasteiger partial charge on any atom is -0.493 e. The summed E-state index contributed by atoms with van der Waals surface area (Å²) in [5.74, 6) is 0.212. The van der Waals surface area contributed by atoms with Crippen LogP contribution in [0.2, 0.25) is 5.02 Å². The summed E-state index contributed by atoms with van der Waals surface area (Å²) >= 11 is 7.90. The highest BCUT2D eigenvalue weighted by molar-refractivity contribution is 7.92. The fourth-order valence-corrected chi connectivity index (χ4v) is 6.64. The van der Waals surface area contributed by atoms with Gasteiger partial charge in [-0.15, -0.1) is 0 Å². The molecule has 202 valence electrons. The van der Waals surface area contributed by atoms with E-state index in [-0.39, 0.29) is 27.9 Å². The number of halogens is 1. The molecule has 0 aliphatic heterocycles. The maximum atomic E-state index is 14.1. The van der Waals surface area contributed by atoms with Gasteiger partial charge in [-0.3, -0.25) is 13.8 Å². The highest BCUT2D eigenvalue weighted by Crippen LogP contribution is 2.38. The summed E-state index contributed by atoms with van der Waals surface area (Å²) in [5, 5.41) is 5.29. The van der Waals surface area contributed by atoms with Crippen LogP contribution in [0.25, 0.3) is 10.1 Å². The van der Waals surface area contributed by atoms with Crippen molar-refractivity contribution >= 4 is 54.8 Å². The van der Waals surface area contributed by atoms with Crippen molar-refractivity contribution in [1.29, 1.82) is 0 Å². The maximum Gasteiger partial charge on any atom is 0.264 e. The number of rotatable bonds is 10. The second kappa shape index (κ2) is 11.2. The molecule has 38 heavy (non-hydrogen) atoms. The van der Waals surface area contributed by atoms with Crippen LogP contribution in [0.1, 0.15) is 18.3 Å². The number of nitrogens with zero attached hydrogens (tertiary/aromatic N) is 5.